The van der Waals surface area contributed by atoms with Crippen molar-refractivity contribution in [3.05, 3.63) is 0 Å². The Morgan fingerprint density at radius 3 is 1.74 bits per heavy atom. The number of hydrogen-bond donors (Lipinski definition) is 3. The van der Waals surface area contributed by atoms with Crippen LogP contribution in [-0.2, 0) is 19.7 Å². The van der Waals surface area contributed by atoms with Gasteiger partial charge in [0, 0.05) is 6.54 Å². The zero-order valence-corrected chi connectivity index (χ0v) is 17.6. The summed E-state index contributed by atoms with van der Waals surface area (Å²) in [4.78, 5) is 20.9. The predicted molar refractivity (Wildman–Crippen MR) is 44.2 cm³/mol. The van der Waals surface area contributed by atoms with Crippen LogP contribution < -0.4 is 104 Å². The first-order valence-corrected chi connectivity index (χ1v) is 5.44. The molecular formula is C6H9NNa3O8S+. The number of aliphatic hydroxyl groups is 1. The van der Waals surface area contributed by atoms with Gasteiger partial charge >= 0.3 is 88.7 Å². The molecule has 0 aliphatic carbocycles. The van der Waals surface area contributed by atoms with Gasteiger partial charge in [0.05, 0.1) is 24.6 Å². The molecule has 13 heteroatoms. The van der Waals surface area contributed by atoms with Crippen LogP contribution in [0.1, 0.15) is 0 Å². The van der Waals surface area contributed by atoms with Crippen molar-refractivity contribution < 1.29 is 127 Å². The van der Waals surface area contributed by atoms with Gasteiger partial charge in [0.2, 0.25) is 0 Å². The second-order valence-electron chi connectivity index (χ2n) is 2.73. The normalized spacial score (nSPS) is 12.9. The monoisotopic (exact) mass is 324 g/mol. The van der Waals surface area contributed by atoms with Crippen LogP contribution >= 0.6 is 0 Å². The fourth-order valence-electron chi connectivity index (χ4n) is 0.964. The van der Waals surface area contributed by atoms with E-state index in [2.05, 4.69) is 0 Å². The summed E-state index contributed by atoms with van der Waals surface area (Å²) in [6.07, 6.45) is 0. The molecule has 2 atom stereocenters. The number of carbonyl (C=O) groups is 2. The third kappa shape index (κ3) is 11.0. The third-order valence-electron chi connectivity index (χ3n) is 1.59. The molecular weight excluding hydrogens is 315 g/mol. The summed E-state index contributed by atoms with van der Waals surface area (Å²) in [7, 11) is -5.17. The van der Waals surface area contributed by atoms with Crippen LogP contribution in [0.25, 0.3) is 0 Å². The van der Waals surface area contributed by atoms with E-state index in [1.807, 2.05) is 5.32 Å². The summed E-state index contributed by atoms with van der Waals surface area (Å²) in [5.74, 6) is -4.34. The zero-order valence-electron chi connectivity index (χ0n) is 10.8. The van der Waals surface area contributed by atoms with Crippen molar-refractivity contribution >= 4 is 22.1 Å². The molecule has 9 nitrogen and oxygen atoms in total. The van der Waals surface area contributed by atoms with Crippen molar-refractivity contribution in [2.45, 2.75) is 11.3 Å². The van der Waals surface area contributed by atoms with E-state index in [0.29, 0.717) is 0 Å². The third-order valence-corrected chi connectivity index (χ3v) is 2.69. The largest absolute Gasteiger partial charge is 1.00 e. The molecule has 0 aromatic rings. The summed E-state index contributed by atoms with van der Waals surface area (Å²) in [5, 5.41) is 28.4. The predicted octanol–water partition coefficient (Wildman–Crippen LogP) is -14.3. The van der Waals surface area contributed by atoms with Gasteiger partial charge in [0.25, 0.3) is 10.1 Å². The molecule has 0 aliphatic heterocycles. The number of carboxylic acids is 2. The quantitative estimate of drug-likeness (QED) is 0.304. The molecule has 0 aromatic carbocycles. The molecule has 0 bridgehead atoms. The molecule has 0 aliphatic rings. The Kier molecular flexibility index (Phi) is 20.4. The molecule has 0 amide bonds. The fraction of sp³-hybridized carbons (Fsp3) is 0.667. The first kappa shape index (κ1) is 28.9. The first-order chi connectivity index (χ1) is 7.21. The number of nitrogens with one attached hydrogen (secondary N) is 1. The van der Waals surface area contributed by atoms with Crippen LogP contribution in [0, 0.1) is 0 Å². The topological polar surface area (TPSA) is 167 Å². The van der Waals surface area contributed by atoms with E-state index in [1.54, 1.807) is 0 Å². The van der Waals surface area contributed by atoms with Gasteiger partial charge in [0.1, 0.15) is 5.25 Å². The van der Waals surface area contributed by atoms with Crippen LogP contribution in [0.2, 0.25) is 0 Å². The second kappa shape index (κ2) is 13.4. The van der Waals surface area contributed by atoms with Crippen LogP contribution in [0.3, 0.4) is 0 Å². The molecule has 2 unspecified atom stereocenters. The number of hydrogen-bond acceptors (Lipinski definition) is 8. The molecule has 0 saturated carbocycles. The van der Waals surface area contributed by atoms with Crippen LogP contribution in [-0.4, -0.2) is 54.5 Å². The second-order valence-corrected chi connectivity index (χ2v) is 4.27. The summed E-state index contributed by atoms with van der Waals surface area (Å²) >= 11 is 0. The van der Waals surface area contributed by atoms with Crippen molar-refractivity contribution in [3.63, 3.8) is 0 Å². The number of aliphatic hydroxyl groups excluding tert-OH is 1. The van der Waals surface area contributed by atoms with Crippen LogP contribution in [0.15, 0.2) is 0 Å². The van der Waals surface area contributed by atoms with E-state index < -0.39 is 46.5 Å². The Hall–Kier alpha value is 1.77. The number of rotatable bonds is 7. The average molecular weight is 324 g/mol. The minimum atomic E-state index is -5.17. The summed E-state index contributed by atoms with van der Waals surface area (Å²) < 4.78 is 29.8. The molecule has 0 spiro atoms. The van der Waals surface area contributed by atoms with E-state index in [1.165, 1.54) is 0 Å². The van der Waals surface area contributed by atoms with E-state index >= 15 is 0 Å². The van der Waals surface area contributed by atoms with Crippen LogP contribution in [0.5, 0.6) is 0 Å². The van der Waals surface area contributed by atoms with Crippen molar-refractivity contribution in [2.24, 2.45) is 0 Å². The van der Waals surface area contributed by atoms with Crippen LogP contribution in [0.4, 0.5) is 0 Å². The Bertz CT molecular complexity index is 375. The molecule has 3 N–H and O–H groups in total. The molecule has 0 radical (unpaired) electrons. The zero-order chi connectivity index (χ0) is 12.9. The van der Waals surface area contributed by atoms with Crippen molar-refractivity contribution in [3.8, 4) is 0 Å². The van der Waals surface area contributed by atoms with E-state index in [-0.39, 0.29) is 88.7 Å². The molecule has 0 heterocycles. The molecule has 0 aromatic heterocycles. The van der Waals surface area contributed by atoms with Crippen molar-refractivity contribution in [1.82, 2.24) is 5.32 Å². The maximum atomic E-state index is 10.6. The van der Waals surface area contributed by atoms with Crippen molar-refractivity contribution in [1.29, 1.82) is 0 Å². The summed E-state index contributed by atoms with van der Waals surface area (Å²) in [5.41, 5.74) is 0. The first-order valence-electron chi connectivity index (χ1n) is 3.94. The smallest absolute Gasteiger partial charge is 0.549 e. The number of carbonyl (C=O) groups excluding carboxylic acids is 2. The molecule has 0 fully saturated rings. The SMILES string of the molecule is O=C([O-])C(NCCO)C(C(=O)[O-])S(=O)(=O)O.[Na+].[Na+].[Na+]. The average Bonchev–Trinajstić information content (AvgIpc) is 2.08. The Morgan fingerprint density at radius 2 is 1.53 bits per heavy atom. The van der Waals surface area contributed by atoms with Gasteiger partial charge in [-0.3, -0.25) is 4.55 Å². The Balaban J connectivity index is -0.000000375. The summed E-state index contributed by atoms with van der Waals surface area (Å²) in [6, 6.07) is -2.22. The van der Waals surface area contributed by atoms with Gasteiger partial charge < -0.3 is 30.2 Å². The number of aliphatic carboxylic acids is 2. The van der Waals surface area contributed by atoms with Gasteiger partial charge in [0.15, 0.2) is 0 Å². The van der Waals surface area contributed by atoms with Gasteiger partial charge in [-0.05, 0) is 0 Å². The summed E-state index contributed by atoms with van der Waals surface area (Å²) in [6.45, 7) is -0.951. The van der Waals surface area contributed by atoms with Crippen molar-refractivity contribution in [2.75, 3.05) is 13.2 Å². The fourth-order valence-corrected chi connectivity index (χ4v) is 1.76. The van der Waals surface area contributed by atoms with Gasteiger partial charge in [-0.25, -0.2) is 0 Å². The minimum absolute atomic E-state index is 0. The van der Waals surface area contributed by atoms with E-state index in [9.17, 15) is 28.2 Å². The van der Waals surface area contributed by atoms with E-state index in [4.69, 9.17) is 9.66 Å². The van der Waals surface area contributed by atoms with Gasteiger partial charge in [-0.2, -0.15) is 8.42 Å². The number of carboxylic acid groups (broad SMARTS) is 2. The molecule has 94 valence electrons. The Labute approximate surface area is 176 Å². The maximum absolute atomic E-state index is 10.6. The van der Waals surface area contributed by atoms with Gasteiger partial charge in [-0.1, -0.05) is 0 Å². The molecule has 0 rings (SSSR count). The minimum Gasteiger partial charge on any atom is -0.549 e. The molecule has 19 heavy (non-hydrogen) atoms. The van der Waals surface area contributed by atoms with Gasteiger partial charge in [-0.15, -0.1) is 0 Å². The standard InChI is InChI=1S/C6H11NO8S.3Na/c8-2-1-7-3(5(9)10)4(6(11)12)16(13,14)15;;;/h3-4,7-8H,1-2H2,(H,9,10)(H,11,12)(H,13,14,15);;;/q;3*+1/p-2. The maximum Gasteiger partial charge on any atom is 1.00 e. The molecule has 0 saturated heterocycles. The van der Waals surface area contributed by atoms with E-state index in [0.717, 1.165) is 0 Å². The Morgan fingerprint density at radius 1 is 1.11 bits per heavy atom.